The summed E-state index contributed by atoms with van der Waals surface area (Å²) in [5.41, 5.74) is 0.724. The van der Waals surface area contributed by atoms with Crippen LogP contribution in [0, 0.1) is 0 Å². The Labute approximate surface area is 126 Å². The van der Waals surface area contributed by atoms with Crippen molar-refractivity contribution in [1.82, 2.24) is 10.2 Å². The molecule has 0 aliphatic heterocycles. The van der Waals surface area contributed by atoms with E-state index in [1.54, 1.807) is 6.07 Å². The lowest BCUT2D eigenvalue weighted by Gasteiger charge is -1.98. The van der Waals surface area contributed by atoms with Gasteiger partial charge in [-0.25, -0.2) is 0 Å². The van der Waals surface area contributed by atoms with Crippen molar-refractivity contribution >= 4 is 33.2 Å². The molecular weight excluding hydrogens is 286 g/mol. The predicted molar refractivity (Wildman–Crippen MR) is 82.9 cm³/mol. The first-order valence-electron chi connectivity index (χ1n) is 6.84. The molecule has 0 aliphatic carbocycles. The van der Waals surface area contributed by atoms with Crippen LogP contribution in [0.25, 0.3) is 11.0 Å². The molecule has 0 aliphatic rings. The van der Waals surface area contributed by atoms with Crippen LogP contribution in [0.5, 0.6) is 0 Å². The summed E-state index contributed by atoms with van der Waals surface area (Å²) < 4.78 is 5.54. The minimum Gasteiger partial charge on any atom is -0.453 e. The number of fused-ring (bicyclic) bond motifs is 1. The molecule has 0 spiro atoms. The van der Waals surface area contributed by atoms with Gasteiger partial charge in [-0.3, -0.25) is 4.79 Å². The number of carbonyl (C=O) groups excluding carboxylic acids is 1. The molecule has 2 aromatic heterocycles. The van der Waals surface area contributed by atoms with Gasteiger partial charge in [0.1, 0.15) is 10.6 Å². The van der Waals surface area contributed by atoms with Crippen molar-refractivity contribution in [3.63, 3.8) is 0 Å². The third-order valence-corrected chi connectivity index (χ3v) is 3.97. The average Bonchev–Trinajstić information content (AvgIpc) is 3.11. The van der Waals surface area contributed by atoms with Gasteiger partial charge in [-0.2, -0.15) is 0 Å². The van der Waals surface area contributed by atoms with Gasteiger partial charge in [0.15, 0.2) is 5.76 Å². The number of rotatable bonds is 6. The highest BCUT2D eigenvalue weighted by atomic mass is 32.1. The summed E-state index contributed by atoms with van der Waals surface area (Å²) in [6, 6.07) is 9.34. The number of aromatic nitrogens is 2. The number of Topliss-reactive ketones (excluding diaryl/α,β-unsaturated/α-hetero) is 1. The van der Waals surface area contributed by atoms with Gasteiger partial charge >= 0.3 is 0 Å². The van der Waals surface area contributed by atoms with Gasteiger partial charge in [-0.1, -0.05) is 36.5 Å². The van der Waals surface area contributed by atoms with Crippen molar-refractivity contribution in [1.29, 1.82) is 0 Å². The van der Waals surface area contributed by atoms with Crippen LogP contribution in [0.2, 0.25) is 0 Å². The normalized spacial score (nSPS) is 10.9. The van der Waals surface area contributed by atoms with Gasteiger partial charge in [-0.15, -0.1) is 10.2 Å². The summed E-state index contributed by atoms with van der Waals surface area (Å²) in [5.74, 6) is 0.264. The maximum absolute atomic E-state index is 12.1. The molecule has 6 heteroatoms. The van der Waals surface area contributed by atoms with Crippen LogP contribution < -0.4 is 5.32 Å². The monoisotopic (exact) mass is 301 g/mol. The first-order chi connectivity index (χ1) is 10.3. The van der Waals surface area contributed by atoms with Gasteiger partial charge in [0.05, 0.1) is 6.54 Å². The lowest BCUT2D eigenvalue weighted by Crippen LogP contribution is -2.13. The Balaban J connectivity index is 1.65. The molecular formula is C15H15N3O2S. The number of nitrogens with zero attached hydrogens (tertiary/aromatic N) is 2. The fourth-order valence-corrected chi connectivity index (χ4v) is 2.84. The molecule has 0 amide bonds. The van der Waals surface area contributed by atoms with E-state index in [0.29, 0.717) is 10.9 Å². The Morgan fingerprint density at radius 3 is 3.00 bits per heavy atom. The van der Waals surface area contributed by atoms with E-state index >= 15 is 0 Å². The van der Waals surface area contributed by atoms with Crippen LogP contribution in [-0.2, 0) is 6.42 Å². The Kier molecular flexibility index (Phi) is 3.96. The first kappa shape index (κ1) is 13.8. The molecule has 108 valence electrons. The molecule has 0 unspecified atom stereocenters. The zero-order valence-corrected chi connectivity index (χ0v) is 12.4. The summed E-state index contributed by atoms with van der Waals surface area (Å²) in [6.45, 7) is 2.25. The zero-order chi connectivity index (χ0) is 14.7. The number of benzene rings is 1. The van der Waals surface area contributed by atoms with Gasteiger partial charge in [0.25, 0.3) is 0 Å². The number of hydrogen-bond donors (Lipinski definition) is 1. The SMILES string of the molecule is CCCc1nnc(NCC(=O)c2cc3ccccc3o2)s1. The van der Waals surface area contributed by atoms with E-state index in [1.165, 1.54) is 11.3 Å². The molecule has 2 heterocycles. The molecule has 5 nitrogen and oxygen atoms in total. The summed E-state index contributed by atoms with van der Waals surface area (Å²) in [7, 11) is 0. The number of carbonyl (C=O) groups is 1. The molecule has 0 radical (unpaired) electrons. The molecule has 1 N–H and O–H groups in total. The highest BCUT2D eigenvalue weighted by Crippen LogP contribution is 2.20. The van der Waals surface area contributed by atoms with Crippen LogP contribution in [-0.4, -0.2) is 22.5 Å². The van der Waals surface area contributed by atoms with Crippen LogP contribution in [0.3, 0.4) is 0 Å². The Morgan fingerprint density at radius 1 is 1.33 bits per heavy atom. The molecule has 0 saturated heterocycles. The standard InChI is InChI=1S/C15H15N3O2S/c1-2-5-14-17-18-15(21-14)16-9-11(19)13-8-10-6-3-4-7-12(10)20-13/h3-4,6-8H,2,5,9H2,1H3,(H,16,18). The number of anilines is 1. The average molecular weight is 301 g/mol. The first-order valence-corrected chi connectivity index (χ1v) is 7.66. The Bertz CT molecular complexity index is 730. The van der Waals surface area contributed by atoms with Crippen molar-refractivity contribution in [3.8, 4) is 0 Å². The van der Waals surface area contributed by atoms with E-state index in [4.69, 9.17) is 4.42 Å². The zero-order valence-electron chi connectivity index (χ0n) is 11.6. The maximum Gasteiger partial charge on any atom is 0.217 e. The molecule has 1 aromatic carbocycles. The number of aryl methyl sites for hydroxylation is 1. The highest BCUT2D eigenvalue weighted by molar-refractivity contribution is 7.15. The van der Waals surface area contributed by atoms with Crippen LogP contribution in [0.1, 0.15) is 28.9 Å². The number of nitrogens with one attached hydrogen (secondary N) is 1. The fraction of sp³-hybridized carbons (Fsp3) is 0.267. The summed E-state index contributed by atoms with van der Waals surface area (Å²) >= 11 is 1.48. The Morgan fingerprint density at radius 2 is 2.19 bits per heavy atom. The van der Waals surface area contributed by atoms with Crippen molar-refractivity contribution in [2.24, 2.45) is 0 Å². The molecule has 0 atom stereocenters. The van der Waals surface area contributed by atoms with E-state index < -0.39 is 0 Å². The third kappa shape index (κ3) is 3.11. The Hall–Kier alpha value is -2.21. The quantitative estimate of drug-likeness (QED) is 0.705. The molecule has 0 saturated carbocycles. The second-order valence-corrected chi connectivity index (χ2v) is 5.74. The predicted octanol–water partition coefficient (Wildman–Crippen LogP) is 3.53. The molecule has 0 fully saturated rings. The number of ketones is 1. The number of furan rings is 1. The lowest BCUT2D eigenvalue weighted by molar-refractivity contribution is 0.0982. The highest BCUT2D eigenvalue weighted by Gasteiger charge is 2.13. The van der Waals surface area contributed by atoms with Crippen molar-refractivity contribution in [3.05, 3.63) is 41.1 Å². The van der Waals surface area contributed by atoms with Crippen molar-refractivity contribution < 1.29 is 9.21 Å². The van der Waals surface area contributed by atoms with Crippen LogP contribution >= 0.6 is 11.3 Å². The fourth-order valence-electron chi connectivity index (χ4n) is 2.00. The molecule has 3 aromatic rings. The minimum atomic E-state index is -0.0987. The lowest BCUT2D eigenvalue weighted by atomic mass is 10.2. The number of para-hydroxylation sites is 1. The largest absolute Gasteiger partial charge is 0.453 e. The summed E-state index contributed by atoms with van der Waals surface area (Å²) in [5, 5.41) is 13.7. The van der Waals surface area contributed by atoms with E-state index in [-0.39, 0.29) is 12.3 Å². The van der Waals surface area contributed by atoms with Gasteiger partial charge in [-0.05, 0) is 18.6 Å². The van der Waals surface area contributed by atoms with Crippen LogP contribution in [0.15, 0.2) is 34.7 Å². The smallest absolute Gasteiger partial charge is 0.217 e. The second-order valence-electron chi connectivity index (χ2n) is 4.68. The minimum absolute atomic E-state index is 0.0987. The van der Waals surface area contributed by atoms with Gasteiger partial charge < -0.3 is 9.73 Å². The second kappa shape index (κ2) is 6.05. The molecule has 3 rings (SSSR count). The molecule has 21 heavy (non-hydrogen) atoms. The van der Waals surface area contributed by atoms with Crippen LogP contribution in [0.4, 0.5) is 5.13 Å². The summed E-state index contributed by atoms with van der Waals surface area (Å²) in [6.07, 6.45) is 1.95. The number of hydrogen-bond acceptors (Lipinski definition) is 6. The van der Waals surface area contributed by atoms with E-state index in [2.05, 4.69) is 22.4 Å². The van der Waals surface area contributed by atoms with E-state index in [0.717, 1.165) is 28.8 Å². The third-order valence-electron chi connectivity index (χ3n) is 3.03. The van der Waals surface area contributed by atoms with Crippen molar-refractivity contribution in [2.45, 2.75) is 19.8 Å². The molecule has 0 bridgehead atoms. The van der Waals surface area contributed by atoms with Gasteiger partial charge in [0.2, 0.25) is 10.9 Å². The van der Waals surface area contributed by atoms with Crippen molar-refractivity contribution in [2.75, 3.05) is 11.9 Å². The van der Waals surface area contributed by atoms with E-state index in [1.807, 2.05) is 24.3 Å². The summed E-state index contributed by atoms with van der Waals surface area (Å²) in [4.78, 5) is 12.1. The van der Waals surface area contributed by atoms with E-state index in [9.17, 15) is 4.79 Å². The maximum atomic E-state index is 12.1. The van der Waals surface area contributed by atoms with Gasteiger partial charge in [0, 0.05) is 11.8 Å². The topological polar surface area (TPSA) is 68.0 Å².